The Morgan fingerprint density at radius 2 is 2.27 bits per heavy atom. The normalized spacial score (nSPS) is 14.4. The molecule has 58 valence electrons. The molecule has 0 atom stereocenters. The molecule has 3 nitrogen and oxygen atoms in total. The van der Waals surface area contributed by atoms with Crippen molar-refractivity contribution in [2.45, 2.75) is 13.3 Å². The molecule has 0 saturated carbocycles. The van der Waals surface area contributed by atoms with Crippen LogP contribution >= 0.6 is 11.6 Å². The molecule has 0 unspecified atom stereocenters. The van der Waals surface area contributed by atoms with Gasteiger partial charge in [0.15, 0.2) is 0 Å². The maximum atomic E-state index is 5.63. The van der Waals surface area contributed by atoms with Crippen LogP contribution in [0.1, 0.15) is 11.3 Å². The SMILES string of the molecule is Cc1nc(Cl)nc2c1CCO2. The summed E-state index contributed by atoms with van der Waals surface area (Å²) >= 11 is 5.63. The summed E-state index contributed by atoms with van der Waals surface area (Å²) in [7, 11) is 0. The first-order valence-corrected chi connectivity index (χ1v) is 3.81. The molecule has 0 fully saturated rings. The van der Waals surface area contributed by atoms with Crippen LogP contribution in [0.4, 0.5) is 0 Å². The number of rotatable bonds is 0. The number of ether oxygens (including phenoxy) is 1. The average Bonchev–Trinajstić information content (AvgIpc) is 2.34. The lowest BCUT2D eigenvalue weighted by Gasteiger charge is -1.99. The average molecular weight is 171 g/mol. The molecule has 0 bridgehead atoms. The molecule has 0 aromatic carbocycles. The van der Waals surface area contributed by atoms with E-state index in [2.05, 4.69) is 9.97 Å². The second kappa shape index (κ2) is 2.34. The Labute approximate surface area is 69.4 Å². The van der Waals surface area contributed by atoms with Crippen molar-refractivity contribution in [2.24, 2.45) is 0 Å². The van der Waals surface area contributed by atoms with Crippen molar-refractivity contribution in [1.29, 1.82) is 0 Å². The van der Waals surface area contributed by atoms with Crippen LogP contribution in [0, 0.1) is 6.92 Å². The van der Waals surface area contributed by atoms with Gasteiger partial charge in [0, 0.05) is 17.7 Å². The van der Waals surface area contributed by atoms with E-state index >= 15 is 0 Å². The minimum absolute atomic E-state index is 0.267. The fraction of sp³-hybridized carbons (Fsp3) is 0.429. The van der Waals surface area contributed by atoms with Crippen molar-refractivity contribution in [3.63, 3.8) is 0 Å². The Bertz CT molecular complexity index is 301. The molecule has 0 spiro atoms. The molecule has 11 heavy (non-hydrogen) atoms. The van der Waals surface area contributed by atoms with Gasteiger partial charge in [-0.1, -0.05) is 0 Å². The summed E-state index contributed by atoms with van der Waals surface area (Å²) in [5.41, 5.74) is 2.02. The third kappa shape index (κ3) is 1.05. The molecular weight excluding hydrogens is 164 g/mol. The van der Waals surface area contributed by atoms with Gasteiger partial charge in [-0.3, -0.25) is 0 Å². The molecular formula is C7H7ClN2O. The van der Waals surface area contributed by atoms with Crippen LogP contribution in [-0.4, -0.2) is 16.6 Å². The summed E-state index contributed by atoms with van der Waals surface area (Å²) in [4.78, 5) is 7.97. The minimum atomic E-state index is 0.267. The summed E-state index contributed by atoms with van der Waals surface area (Å²) in [5, 5.41) is 0.267. The van der Waals surface area contributed by atoms with E-state index in [4.69, 9.17) is 16.3 Å². The van der Waals surface area contributed by atoms with Crippen molar-refractivity contribution in [3.8, 4) is 5.88 Å². The lowest BCUT2D eigenvalue weighted by atomic mass is 10.2. The summed E-state index contributed by atoms with van der Waals surface area (Å²) in [6.45, 7) is 2.62. The zero-order valence-electron chi connectivity index (χ0n) is 6.09. The van der Waals surface area contributed by atoms with Crippen molar-refractivity contribution in [3.05, 3.63) is 16.5 Å². The molecule has 0 amide bonds. The molecule has 0 N–H and O–H groups in total. The molecule has 1 aliphatic heterocycles. The number of hydrogen-bond donors (Lipinski definition) is 0. The van der Waals surface area contributed by atoms with Gasteiger partial charge in [-0.05, 0) is 18.5 Å². The standard InChI is InChI=1S/C7H7ClN2O/c1-4-5-2-3-11-6(5)10-7(8)9-4/h2-3H2,1H3. The molecule has 2 rings (SSSR count). The number of hydrogen-bond acceptors (Lipinski definition) is 3. The van der Waals surface area contributed by atoms with Crippen LogP contribution in [0.25, 0.3) is 0 Å². The first kappa shape index (κ1) is 6.85. The van der Waals surface area contributed by atoms with E-state index in [1.165, 1.54) is 0 Å². The Kier molecular flexibility index (Phi) is 1.46. The molecule has 1 aliphatic rings. The van der Waals surface area contributed by atoms with Crippen molar-refractivity contribution < 1.29 is 4.74 Å². The van der Waals surface area contributed by atoms with Crippen molar-refractivity contribution in [1.82, 2.24) is 9.97 Å². The van der Waals surface area contributed by atoms with Crippen LogP contribution in [-0.2, 0) is 6.42 Å². The highest BCUT2D eigenvalue weighted by Crippen LogP contribution is 2.25. The van der Waals surface area contributed by atoms with Gasteiger partial charge in [0.05, 0.1) is 6.61 Å². The Morgan fingerprint density at radius 3 is 3.09 bits per heavy atom. The lowest BCUT2D eigenvalue weighted by Crippen LogP contribution is -1.92. The van der Waals surface area contributed by atoms with Crippen LogP contribution in [0.2, 0.25) is 5.28 Å². The molecule has 1 aromatic heterocycles. The van der Waals surface area contributed by atoms with E-state index in [9.17, 15) is 0 Å². The van der Waals surface area contributed by atoms with Crippen LogP contribution in [0.15, 0.2) is 0 Å². The van der Waals surface area contributed by atoms with E-state index in [-0.39, 0.29) is 5.28 Å². The highest BCUT2D eigenvalue weighted by atomic mass is 35.5. The third-order valence-corrected chi connectivity index (χ3v) is 1.91. The van der Waals surface area contributed by atoms with Gasteiger partial charge >= 0.3 is 0 Å². The van der Waals surface area contributed by atoms with Crippen molar-refractivity contribution in [2.75, 3.05) is 6.61 Å². The lowest BCUT2D eigenvalue weighted by molar-refractivity contribution is 0.344. The van der Waals surface area contributed by atoms with Gasteiger partial charge in [-0.25, -0.2) is 4.98 Å². The monoisotopic (exact) mass is 170 g/mol. The van der Waals surface area contributed by atoms with E-state index in [0.29, 0.717) is 12.5 Å². The molecule has 0 radical (unpaired) electrons. The quantitative estimate of drug-likeness (QED) is 0.552. The Morgan fingerprint density at radius 1 is 1.45 bits per heavy atom. The number of halogens is 1. The minimum Gasteiger partial charge on any atom is -0.477 e. The molecule has 4 heteroatoms. The zero-order valence-corrected chi connectivity index (χ0v) is 6.85. The topological polar surface area (TPSA) is 35.0 Å². The summed E-state index contributed by atoms with van der Waals surface area (Å²) in [5.74, 6) is 0.655. The molecule has 1 aromatic rings. The second-order valence-electron chi connectivity index (χ2n) is 2.46. The van der Waals surface area contributed by atoms with Gasteiger partial charge in [0.25, 0.3) is 0 Å². The van der Waals surface area contributed by atoms with Crippen LogP contribution in [0.3, 0.4) is 0 Å². The van der Waals surface area contributed by atoms with Gasteiger partial charge in [-0.2, -0.15) is 4.98 Å². The first-order valence-electron chi connectivity index (χ1n) is 3.43. The molecule has 0 saturated heterocycles. The van der Waals surface area contributed by atoms with E-state index in [1.807, 2.05) is 6.92 Å². The van der Waals surface area contributed by atoms with E-state index < -0.39 is 0 Å². The summed E-state index contributed by atoms with van der Waals surface area (Å²) in [6, 6.07) is 0. The summed E-state index contributed by atoms with van der Waals surface area (Å²) < 4.78 is 5.22. The smallest absolute Gasteiger partial charge is 0.225 e. The van der Waals surface area contributed by atoms with E-state index in [1.54, 1.807) is 0 Å². The molecule has 0 aliphatic carbocycles. The van der Waals surface area contributed by atoms with Crippen molar-refractivity contribution >= 4 is 11.6 Å². The number of aromatic nitrogens is 2. The predicted octanol–water partition coefficient (Wildman–Crippen LogP) is 1.37. The predicted molar refractivity (Wildman–Crippen MR) is 41.0 cm³/mol. The van der Waals surface area contributed by atoms with E-state index in [0.717, 1.165) is 17.7 Å². The van der Waals surface area contributed by atoms with Gasteiger partial charge < -0.3 is 4.74 Å². The van der Waals surface area contributed by atoms with Gasteiger partial charge in [0.2, 0.25) is 11.2 Å². The summed E-state index contributed by atoms with van der Waals surface area (Å²) in [6.07, 6.45) is 0.901. The zero-order chi connectivity index (χ0) is 7.84. The Hall–Kier alpha value is -0.830. The number of nitrogens with zero attached hydrogens (tertiary/aromatic N) is 2. The second-order valence-corrected chi connectivity index (χ2v) is 2.80. The maximum absolute atomic E-state index is 5.63. The fourth-order valence-corrected chi connectivity index (χ4v) is 1.40. The number of fused-ring (bicyclic) bond motifs is 1. The molecule has 2 heterocycles. The van der Waals surface area contributed by atoms with Crippen LogP contribution < -0.4 is 4.74 Å². The maximum Gasteiger partial charge on any atom is 0.225 e. The number of aryl methyl sites for hydroxylation is 1. The van der Waals surface area contributed by atoms with Crippen LogP contribution in [0.5, 0.6) is 5.88 Å². The first-order chi connectivity index (χ1) is 5.27. The third-order valence-electron chi connectivity index (χ3n) is 1.74. The van der Waals surface area contributed by atoms with Gasteiger partial charge in [0.1, 0.15) is 0 Å². The highest BCUT2D eigenvalue weighted by Gasteiger charge is 2.17. The van der Waals surface area contributed by atoms with Gasteiger partial charge in [-0.15, -0.1) is 0 Å². The highest BCUT2D eigenvalue weighted by molar-refractivity contribution is 6.28. The fourth-order valence-electron chi connectivity index (χ4n) is 1.19. The Balaban J connectivity index is 2.60. The largest absolute Gasteiger partial charge is 0.477 e.